The molecule has 1 aromatic heterocycles. The molecule has 1 heterocycles. The van der Waals surface area contributed by atoms with Crippen LogP contribution in [0.4, 0.5) is 5.82 Å². The van der Waals surface area contributed by atoms with Gasteiger partial charge in [0.15, 0.2) is 0 Å². The summed E-state index contributed by atoms with van der Waals surface area (Å²) < 4.78 is 0. The quantitative estimate of drug-likeness (QED) is 0.866. The SMILES string of the molecule is CCc1ccccc1C(O)Cc1cccnc1N. The molecule has 0 aliphatic heterocycles. The van der Waals surface area contributed by atoms with Crippen LogP contribution in [-0.2, 0) is 12.8 Å². The van der Waals surface area contributed by atoms with Crippen LogP contribution in [0.15, 0.2) is 42.6 Å². The minimum absolute atomic E-state index is 0.491. The second kappa shape index (κ2) is 5.65. The molecule has 2 aromatic rings. The fourth-order valence-electron chi connectivity index (χ4n) is 2.12. The second-order valence-corrected chi connectivity index (χ2v) is 4.32. The lowest BCUT2D eigenvalue weighted by atomic mass is 9.96. The van der Waals surface area contributed by atoms with Gasteiger partial charge in [0.25, 0.3) is 0 Å². The van der Waals surface area contributed by atoms with Gasteiger partial charge in [-0.15, -0.1) is 0 Å². The van der Waals surface area contributed by atoms with Crippen molar-refractivity contribution >= 4 is 5.82 Å². The Balaban J connectivity index is 2.22. The van der Waals surface area contributed by atoms with Crippen molar-refractivity contribution < 1.29 is 5.11 Å². The van der Waals surface area contributed by atoms with Gasteiger partial charge in [-0.3, -0.25) is 0 Å². The fraction of sp³-hybridized carbons (Fsp3) is 0.267. The lowest BCUT2D eigenvalue weighted by Gasteiger charge is -2.15. The summed E-state index contributed by atoms with van der Waals surface area (Å²) in [6.07, 6.45) is 2.53. The third-order valence-electron chi connectivity index (χ3n) is 3.13. The first-order valence-corrected chi connectivity index (χ1v) is 6.17. The molecule has 0 saturated heterocycles. The Morgan fingerprint density at radius 1 is 1.17 bits per heavy atom. The monoisotopic (exact) mass is 242 g/mol. The highest BCUT2D eigenvalue weighted by Gasteiger charge is 2.13. The van der Waals surface area contributed by atoms with Gasteiger partial charge in [-0.25, -0.2) is 4.98 Å². The van der Waals surface area contributed by atoms with E-state index in [0.717, 1.165) is 17.5 Å². The van der Waals surface area contributed by atoms with Gasteiger partial charge in [-0.1, -0.05) is 37.3 Å². The molecule has 0 spiro atoms. The molecule has 0 saturated carbocycles. The summed E-state index contributed by atoms with van der Waals surface area (Å²) >= 11 is 0. The zero-order valence-electron chi connectivity index (χ0n) is 10.5. The molecule has 1 aromatic carbocycles. The van der Waals surface area contributed by atoms with Crippen LogP contribution >= 0.6 is 0 Å². The number of aromatic nitrogens is 1. The molecule has 0 aliphatic carbocycles. The Labute approximate surface area is 107 Å². The van der Waals surface area contributed by atoms with E-state index in [1.54, 1.807) is 6.20 Å². The van der Waals surface area contributed by atoms with E-state index < -0.39 is 6.10 Å². The molecule has 2 rings (SSSR count). The number of hydrogen-bond acceptors (Lipinski definition) is 3. The predicted molar refractivity (Wildman–Crippen MR) is 73.1 cm³/mol. The summed E-state index contributed by atoms with van der Waals surface area (Å²) in [4.78, 5) is 4.04. The molecule has 0 amide bonds. The topological polar surface area (TPSA) is 59.1 Å². The highest BCUT2D eigenvalue weighted by Crippen LogP contribution is 2.23. The molecule has 0 aliphatic rings. The van der Waals surface area contributed by atoms with Crippen molar-refractivity contribution in [2.45, 2.75) is 25.9 Å². The van der Waals surface area contributed by atoms with Gasteiger partial charge >= 0.3 is 0 Å². The van der Waals surface area contributed by atoms with E-state index in [4.69, 9.17) is 5.73 Å². The van der Waals surface area contributed by atoms with E-state index >= 15 is 0 Å². The number of nitrogen functional groups attached to an aromatic ring is 1. The third kappa shape index (κ3) is 2.68. The maximum Gasteiger partial charge on any atom is 0.126 e. The van der Waals surface area contributed by atoms with Gasteiger partial charge in [0, 0.05) is 12.6 Å². The summed E-state index contributed by atoms with van der Waals surface area (Å²) in [5.41, 5.74) is 8.83. The Bertz CT molecular complexity index is 525. The molecule has 1 atom stereocenters. The molecule has 0 bridgehead atoms. The number of hydrogen-bond donors (Lipinski definition) is 2. The van der Waals surface area contributed by atoms with Crippen LogP contribution in [0.5, 0.6) is 0 Å². The van der Waals surface area contributed by atoms with Gasteiger partial charge in [0.2, 0.25) is 0 Å². The molecule has 18 heavy (non-hydrogen) atoms. The summed E-state index contributed by atoms with van der Waals surface area (Å²) in [7, 11) is 0. The Kier molecular flexibility index (Phi) is 3.95. The summed E-state index contributed by atoms with van der Waals surface area (Å²) in [5, 5.41) is 10.3. The molecular weight excluding hydrogens is 224 g/mol. The van der Waals surface area contributed by atoms with Crippen LogP contribution in [0.2, 0.25) is 0 Å². The van der Waals surface area contributed by atoms with Crippen LogP contribution in [0, 0.1) is 0 Å². The van der Waals surface area contributed by atoms with Crippen LogP contribution in [-0.4, -0.2) is 10.1 Å². The lowest BCUT2D eigenvalue weighted by molar-refractivity contribution is 0.177. The average molecular weight is 242 g/mol. The van der Waals surface area contributed by atoms with Crippen LogP contribution in [0.25, 0.3) is 0 Å². The number of aliphatic hydroxyl groups excluding tert-OH is 1. The largest absolute Gasteiger partial charge is 0.388 e. The maximum atomic E-state index is 10.3. The minimum Gasteiger partial charge on any atom is -0.388 e. The Hall–Kier alpha value is -1.87. The molecule has 3 nitrogen and oxygen atoms in total. The number of nitrogens with zero attached hydrogens (tertiary/aromatic N) is 1. The smallest absolute Gasteiger partial charge is 0.126 e. The van der Waals surface area contributed by atoms with Crippen molar-refractivity contribution in [1.29, 1.82) is 0 Å². The van der Waals surface area contributed by atoms with Crippen molar-refractivity contribution in [2.24, 2.45) is 0 Å². The average Bonchev–Trinajstić information content (AvgIpc) is 2.41. The van der Waals surface area contributed by atoms with Gasteiger partial charge in [0.1, 0.15) is 5.82 Å². The van der Waals surface area contributed by atoms with E-state index in [-0.39, 0.29) is 0 Å². The molecule has 1 unspecified atom stereocenters. The predicted octanol–water partition coefficient (Wildman–Crippen LogP) is 2.50. The van der Waals surface area contributed by atoms with Gasteiger partial charge in [-0.2, -0.15) is 0 Å². The van der Waals surface area contributed by atoms with Crippen molar-refractivity contribution in [3.8, 4) is 0 Å². The Morgan fingerprint density at radius 2 is 1.89 bits per heavy atom. The third-order valence-corrected chi connectivity index (χ3v) is 3.13. The molecule has 3 N–H and O–H groups in total. The number of anilines is 1. The van der Waals surface area contributed by atoms with E-state index in [1.165, 1.54) is 5.56 Å². The van der Waals surface area contributed by atoms with Crippen molar-refractivity contribution in [3.63, 3.8) is 0 Å². The van der Waals surface area contributed by atoms with E-state index in [0.29, 0.717) is 12.2 Å². The number of benzene rings is 1. The van der Waals surface area contributed by atoms with Crippen LogP contribution in [0.3, 0.4) is 0 Å². The summed E-state index contributed by atoms with van der Waals surface area (Å²) in [6, 6.07) is 11.7. The van der Waals surface area contributed by atoms with Crippen molar-refractivity contribution in [3.05, 3.63) is 59.3 Å². The zero-order valence-corrected chi connectivity index (χ0v) is 10.5. The van der Waals surface area contributed by atoms with Gasteiger partial charge in [0.05, 0.1) is 6.10 Å². The molecular formula is C15H18N2O. The van der Waals surface area contributed by atoms with Gasteiger partial charge < -0.3 is 10.8 Å². The van der Waals surface area contributed by atoms with E-state index in [9.17, 15) is 5.11 Å². The van der Waals surface area contributed by atoms with Crippen LogP contribution < -0.4 is 5.73 Å². The number of aliphatic hydroxyl groups is 1. The Morgan fingerprint density at radius 3 is 2.61 bits per heavy atom. The molecule has 3 heteroatoms. The lowest BCUT2D eigenvalue weighted by Crippen LogP contribution is -2.07. The van der Waals surface area contributed by atoms with Crippen molar-refractivity contribution in [1.82, 2.24) is 4.98 Å². The molecule has 0 radical (unpaired) electrons. The molecule has 94 valence electrons. The highest BCUT2D eigenvalue weighted by atomic mass is 16.3. The highest BCUT2D eigenvalue weighted by molar-refractivity contribution is 5.40. The molecule has 0 fully saturated rings. The second-order valence-electron chi connectivity index (χ2n) is 4.32. The number of nitrogens with two attached hydrogens (primary N) is 1. The minimum atomic E-state index is -0.535. The summed E-state index contributed by atoms with van der Waals surface area (Å²) in [5.74, 6) is 0.491. The number of aryl methyl sites for hydroxylation is 1. The summed E-state index contributed by atoms with van der Waals surface area (Å²) in [6.45, 7) is 2.09. The first kappa shape index (κ1) is 12.6. The standard InChI is InChI=1S/C15H18N2O/c1-2-11-6-3-4-8-13(11)14(18)10-12-7-5-9-17-15(12)16/h3-9,14,18H,2,10H2,1H3,(H2,16,17). The first-order valence-electron chi connectivity index (χ1n) is 6.17. The normalized spacial score (nSPS) is 12.3. The van der Waals surface area contributed by atoms with E-state index in [2.05, 4.69) is 11.9 Å². The van der Waals surface area contributed by atoms with Gasteiger partial charge in [-0.05, 0) is 29.2 Å². The zero-order chi connectivity index (χ0) is 13.0. The fourth-order valence-corrected chi connectivity index (χ4v) is 2.12. The maximum absolute atomic E-state index is 10.3. The number of pyridine rings is 1. The van der Waals surface area contributed by atoms with E-state index in [1.807, 2.05) is 36.4 Å². The number of rotatable bonds is 4. The van der Waals surface area contributed by atoms with Crippen molar-refractivity contribution in [2.75, 3.05) is 5.73 Å². The first-order chi connectivity index (χ1) is 8.72. The van der Waals surface area contributed by atoms with Crippen LogP contribution in [0.1, 0.15) is 29.7 Å².